The van der Waals surface area contributed by atoms with Gasteiger partial charge in [0.1, 0.15) is 18.8 Å². The smallest absolute Gasteiger partial charge is 0.284 e. The number of rotatable bonds is 6. The molecule has 0 spiro atoms. The van der Waals surface area contributed by atoms with Crippen LogP contribution < -0.4 is 5.32 Å². The van der Waals surface area contributed by atoms with Crippen LogP contribution in [0.1, 0.15) is 18.9 Å². The molecule has 0 radical (unpaired) electrons. The lowest BCUT2D eigenvalue weighted by Crippen LogP contribution is -2.34. The molecular formula is C15H16N4O3. The normalized spacial score (nSPS) is 17.2. The van der Waals surface area contributed by atoms with Crippen LogP contribution >= 0.6 is 0 Å². The van der Waals surface area contributed by atoms with Crippen molar-refractivity contribution < 1.29 is 14.5 Å². The third kappa shape index (κ3) is 4.59. The molecule has 1 aromatic carbocycles. The Balaban J connectivity index is 1.81. The average Bonchev–Trinajstić information content (AvgIpc) is 2.96. The van der Waals surface area contributed by atoms with Crippen molar-refractivity contribution in [2.45, 2.75) is 26.1 Å². The highest BCUT2D eigenvalue weighted by molar-refractivity contribution is 6.45. The van der Waals surface area contributed by atoms with Gasteiger partial charge >= 0.3 is 0 Å². The van der Waals surface area contributed by atoms with Crippen LogP contribution in [-0.4, -0.2) is 30.0 Å². The molecule has 1 N–H and O–H groups in total. The highest BCUT2D eigenvalue weighted by atomic mass is 16.6. The summed E-state index contributed by atoms with van der Waals surface area (Å²) in [5.74, 6) is -0.599. The summed E-state index contributed by atoms with van der Waals surface area (Å²) in [5.41, 5.74) is 1.29. The number of hydrogen-bond donors (Lipinski definition) is 1. The summed E-state index contributed by atoms with van der Waals surface area (Å²) in [5, 5.41) is 18.9. The fraction of sp³-hybridized carbons (Fsp3) is 0.333. The van der Waals surface area contributed by atoms with Crippen molar-refractivity contribution in [2.75, 3.05) is 6.54 Å². The van der Waals surface area contributed by atoms with E-state index in [0.717, 1.165) is 11.3 Å². The van der Waals surface area contributed by atoms with E-state index in [1.165, 1.54) is 0 Å². The molecular weight excluding hydrogens is 284 g/mol. The summed E-state index contributed by atoms with van der Waals surface area (Å²) < 4.78 is 0. The quantitative estimate of drug-likeness (QED) is 0.633. The molecule has 0 aromatic heterocycles. The predicted molar refractivity (Wildman–Crippen MR) is 79.9 cm³/mol. The van der Waals surface area contributed by atoms with Crippen molar-refractivity contribution in [1.82, 2.24) is 5.32 Å². The average molecular weight is 300 g/mol. The second kappa shape index (κ2) is 7.78. The van der Waals surface area contributed by atoms with Crippen molar-refractivity contribution >= 4 is 17.3 Å². The van der Waals surface area contributed by atoms with Gasteiger partial charge in [-0.2, -0.15) is 5.26 Å². The van der Waals surface area contributed by atoms with E-state index in [1.807, 2.05) is 37.3 Å². The Morgan fingerprint density at radius 3 is 2.95 bits per heavy atom. The molecule has 0 saturated heterocycles. The molecule has 114 valence electrons. The van der Waals surface area contributed by atoms with Gasteiger partial charge in [0.15, 0.2) is 0 Å². The molecule has 1 unspecified atom stereocenters. The highest BCUT2D eigenvalue weighted by Crippen LogP contribution is 2.08. The van der Waals surface area contributed by atoms with Gasteiger partial charge in [-0.25, -0.2) is 0 Å². The van der Waals surface area contributed by atoms with Crippen LogP contribution in [0.15, 0.2) is 40.6 Å². The van der Waals surface area contributed by atoms with E-state index in [0.29, 0.717) is 6.42 Å². The summed E-state index contributed by atoms with van der Waals surface area (Å²) in [4.78, 5) is 21.9. The third-order valence-electron chi connectivity index (χ3n) is 2.89. The third-order valence-corrected chi connectivity index (χ3v) is 2.89. The van der Waals surface area contributed by atoms with Gasteiger partial charge in [-0.3, -0.25) is 4.79 Å². The largest absolute Gasteiger partial charge is 0.392 e. The summed E-state index contributed by atoms with van der Waals surface area (Å²) in [7, 11) is 0. The van der Waals surface area contributed by atoms with Gasteiger partial charge in [0.2, 0.25) is 5.71 Å². The fourth-order valence-electron chi connectivity index (χ4n) is 1.80. The molecule has 22 heavy (non-hydrogen) atoms. The van der Waals surface area contributed by atoms with Crippen LogP contribution in [0.5, 0.6) is 0 Å². The number of nitrogens with zero attached hydrogens (tertiary/aromatic N) is 3. The second-order valence-electron chi connectivity index (χ2n) is 4.77. The molecule has 1 heterocycles. The number of amides is 1. The number of benzene rings is 1. The van der Waals surface area contributed by atoms with Crippen LogP contribution in [-0.2, 0) is 21.1 Å². The molecule has 1 aliphatic heterocycles. The Morgan fingerprint density at radius 2 is 2.32 bits per heavy atom. The number of carbonyl (C=O) groups is 1. The van der Waals surface area contributed by atoms with E-state index in [1.54, 1.807) is 6.07 Å². The first-order valence-corrected chi connectivity index (χ1v) is 6.82. The fourth-order valence-corrected chi connectivity index (χ4v) is 1.80. The lowest BCUT2D eigenvalue weighted by molar-refractivity contribution is -0.114. The predicted octanol–water partition coefficient (Wildman–Crippen LogP) is 1.36. The first kappa shape index (κ1) is 15.5. The molecule has 0 saturated carbocycles. The van der Waals surface area contributed by atoms with Gasteiger partial charge in [-0.1, -0.05) is 40.6 Å². The Bertz CT molecular complexity index is 619. The number of carbonyl (C=O) groups excluding carboxylic acids is 1. The standard InChI is InChI=1S/C15H16N4O3/c1-11-7-13(18-22-11)9-17-15(20)14(8-16)19-21-10-12-5-3-2-4-6-12/h2-6,11H,7,9-10H2,1H3,(H,17,20)/b19-14+. The van der Waals surface area contributed by atoms with E-state index in [2.05, 4.69) is 15.6 Å². The van der Waals surface area contributed by atoms with Crippen molar-refractivity contribution in [2.24, 2.45) is 10.3 Å². The highest BCUT2D eigenvalue weighted by Gasteiger charge is 2.18. The maximum atomic E-state index is 11.8. The molecule has 0 aliphatic carbocycles. The monoisotopic (exact) mass is 300 g/mol. The molecule has 2 rings (SSSR count). The second-order valence-corrected chi connectivity index (χ2v) is 4.77. The molecule has 1 atom stereocenters. The van der Waals surface area contributed by atoms with E-state index in [-0.39, 0.29) is 25.0 Å². The van der Waals surface area contributed by atoms with Gasteiger partial charge in [-0.15, -0.1) is 0 Å². The SMILES string of the molecule is CC1CC(CNC(=O)/C(C#N)=N/OCc2ccccc2)=NO1. The minimum absolute atomic E-state index is 0.0187. The van der Waals surface area contributed by atoms with Crippen LogP contribution in [0.25, 0.3) is 0 Å². The molecule has 0 fully saturated rings. The lowest BCUT2D eigenvalue weighted by Gasteiger charge is -2.03. The van der Waals surface area contributed by atoms with E-state index >= 15 is 0 Å². The molecule has 1 aromatic rings. The van der Waals surface area contributed by atoms with Crippen LogP contribution in [0.2, 0.25) is 0 Å². The topological polar surface area (TPSA) is 96.1 Å². The van der Waals surface area contributed by atoms with Crippen molar-refractivity contribution in [1.29, 1.82) is 5.26 Å². The first-order chi connectivity index (χ1) is 10.7. The van der Waals surface area contributed by atoms with E-state index in [4.69, 9.17) is 14.9 Å². The van der Waals surface area contributed by atoms with Gasteiger partial charge in [0.05, 0.1) is 12.3 Å². The van der Waals surface area contributed by atoms with Gasteiger partial charge in [0, 0.05) is 6.42 Å². The zero-order valence-corrected chi connectivity index (χ0v) is 12.2. The van der Waals surface area contributed by atoms with E-state index < -0.39 is 5.91 Å². The van der Waals surface area contributed by atoms with Gasteiger partial charge in [0.25, 0.3) is 5.91 Å². The molecule has 0 bridgehead atoms. The molecule has 1 aliphatic rings. The number of hydrogen-bond acceptors (Lipinski definition) is 6. The Kier molecular flexibility index (Phi) is 5.49. The Morgan fingerprint density at radius 1 is 1.55 bits per heavy atom. The molecule has 7 nitrogen and oxygen atoms in total. The number of oxime groups is 2. The zero-order valence-electron chi connectivity index (χ0n) is 12.2. The van der Waals surface area contributed by atoms with Gasteiger partial charge < -0.3 is 15.0 Å². The van der Waals surface area contributed by atoms with Crippen LogP contribution in [0.4, 0.5) is 0 Å². The van der Waals surface area contributed by atoms with Crippen molar-refractivity contribution in [3.8, 4) is 6.07 Å². The van der Waals surface area contributed by atoms with Crippen LogP contribution in [0.3, 0.4) is 0 Å². The van der Waals surface area contributed by atoms with Crippen LogP contribution in [0, 0.1) is 11.3 Å². The maximum absolute atomic E-state index is 11.8. The van der Waals surface area contributed by atoms with Crippen molar-refractivity contribution in [3.05, 3.63) is 35.9 Å². The zero-order chi connectivity index (χ0) is 15.8. The van der Waals surface area contributed by atoms with E-state index in [9.17, 15) is 4.79 Å². The summed E-state index contributed by atoms with van der Waals surface area (Å²) in [6.45, 7) is 2.30. The van der Waals surface area contributed by atoms with Gasteiger partial charge in [-0.05, 0) is 12.5 Å². The summed E-state index contributed by atoms with van der Waals surface area (Å²) in [6, 6.07) is 11.1. The lowest BCUT2D eigenvalue weighted by atomic mass is 10.2. The minimum Gasteiger partial charge on any atom is -0.392 e. The number of nitriles is 1. The Labute approximate surface area is 128 Å². The van der Waals surface area contributed by atoms with Crippen molar-refractivity contribution in [3.63, 3.8) is 0 Å². The first-order valence-electron chi connectivity index (χ1n) is 6.82. The molecule has 1 amide bonds. The Hall–Kier alpha value is -2.88. The number of nitrogens with one attached hydrogen (secondary N) is 1. The maximum Gasteiger partial charge on any atom is 0.284 e. The summed E-state index contributed by atoms with van der Waals surface area (Å²) in [6.07, 6.45) is 0.675. The summed E-state index contributed by atoms with van der Waals surface area (Å²) >= 11 is 0. The minimum atomic E-state index is -0.599. The molecule has 7 heteroatoms.